The smallest absolute Gasteiger partial charge is 0.254 e. The van der Waals surface area contributed by atoms with Gasteiger partial charge in [-0.1, -0.05) is 11.6 Å². The summed E-state index contributed by atoms with van der Waals surface area (Å²) in [6.45, 7) is 0. The third-order valence-corrected chi connectivity index (χ3v) is 1.63. The molecule has 0 unspecified atom stereocenters. The number of rotatable bonds is 1. The minimum Gasteiger partial charge on any atom is -0.397 e. The van der Waals surface area contributed by atoms with Gasteiger partial charge in [-0.2, -0.15) is 0 Å². The highest BCUT2D eigenvalue weighted by molar-refractivity contribution is 6.32. The highest BCUT2D eigenvalue weighted by atomic mass is 35.5. The first-order valence-electron chi connectivity index (χ1n) is 3.28. The standard InChI is InChI=1S/C7H8ClN3O/c1-10-7(12)5-2-4(9)3-11-6(5)8/h2-3H,9H2,1H3,(H,10,12). The SMILES string of the molecule is CNC(=O)c1cc(N)cnc1Cl. The second-order valence-electron chi connectivity index (χ2n) is 2.19. The number of pyridine rings is 1. The van der Waals surface area contributed by atoms with Crippen molar-refractivity contribution in [1.82, 2.24) is 10.3 Å². The number of nitrogen functional groups attached to an aromatic ring is 1. The molecule has 0 spiro atoms. The van der Waals surface area contributed by atoms with E-state index in [1.54, 1.807) is 0 Å². The Balaban J connectivity index is 3.13. The number of hydrogen-bond donors (Lipinski definition) is 2. The molecule has 5 heteroatoms. The van der Waals surface area contributed by atoms with Crippen molar-refractivity contribution in [2.24, 2.45) is 0 Å². The number of amides is 1. The van der Waals surface area contributed by atoms with E-state index in [2.05, 4.69) is 10.3 Å². The molecule has 1 aromatic heterocycles. The first kappa shape index (κ1) is 8.80. The Morgan fingerprint density at radius 2 is 2.42 bits per heavy atom. The summed E-state index contributed by atoms with van der Waals surface area (Å²) >= 11 is 5.64. The Morgan fingerprint density at radius 3 is 3.00 bits per heavy atom. The summed E-state index contributed by atoms with van der Waals surface area (Å²) in [5.41, 5.74) is 6.12. The number of nitrogens with zero attached hydrogens (tertiary/aromatic N) is 1. The van der Waals surface area contributed by atoms with Crippen LogP contribution in [0, 0.1) is 0 Å². The Hall–Kier alpha value is -1.29. The van der Waals surface area contributed by atoms with Crippen molar-refractivity contribution < 1.29 is 4.79 Å². The highest BCUT2D eigenvalue weighted by Crippen LogP contribution is 2.14. The summed E-state index contributed by atoms with van der Waals surface area (Å²) in [4.78, 5) is 14.8. The molecule has 0 aliphatic heterocycles. The van der Waals surface area contributed by atoms with Gasteiger partial charge in [0.15, 0.2) is 0 Å². The van der Waals surface area contributed by atoms with Crippen molar-refractivity contribution in [3.63, 3.8) is 0 Å². The third-order valence-electron chi connectivity index (χ3n) is 1.33. The minimum absolute atomic E-state index is 0.156. The van der Waals surface area contributed by atoms with Crippen molar-refractivity contribution in [3.05, 3.63) is 23.0 Å². The Kier molecular flexibility index (Phi) is 2.50. The molecule has 1 amide bonds. The number of nitrogens with one attached hydrogen (secondary N) is 1. The van der Waals surface area contributed by atoms with Gasteiger partial charge in [-0.05, 0) is 6.07 Å². The first-order valence-corrected chi connectivity index (χ1v) is 3.66. The number of anilines is 1. The third kappa shape index (κ3) is 1.65. The van der Waals surface area contributed by atoms with Gasteiger partial charge in [0.1, 0.15) is 5.15 Å². The molecule has 0 bridgehead atoms. The van der Waals surface area contributed by atoms with Crippen LogP contribution in [0.3, 0.4) is 0 Å². The van der Waals surface area contributed by atoms with E-state index >= 15 is 0 Å². The van der Waals surface area contributed by atoms with E-state index in [1.807, 2.05) is 0 Å². The quantitative estimate of drug-likeness (QED) is 0.633. The fraction of sp³-hybridized carbons (Fsp3) is 0.143. The van der Waals surface area contributed by atoms with Crippen molar-refractivity contribution >= 4 is 23.2 Å². The molecule has 4 nitrogen and oxygen atoms in total. The maximum atomic E-state index is 11.1. The van der Waals surface area contributed by atoms with E-state index in [9.17, 15) is 4.79 Å². The molecular weight excluding hydrogens is 178 g/mol. The Bertz CT molecular complexity index is 314. The van der Waals surface area contributed by atoms with E-state index in [0.717, 1.165) is 0 Å². The molecular formula is C7H8ClN3O. The van der Waals surface area contributed by atoms with Crippen LogP contribution in [0.25, 0.3) is 0 Å². The van der Waals surface area contributed by atoms with Crippen LogP contribution in [-0.4, -0.2) is 17.9 Å². The molecule has 0 radical (unpaired) electrons. The van der Waals surface area contributed by atoms with Crippen molar-refractivity contribution in [1.29, 1.82) is 0 Å². The van der Waals surface area contributed by atoms with Gasteiger partial charge in [0.25, 0.3) is 5.91 Å². The molecule has 1 rings (SSSR count). The average Bonchev–Trinajstić information content (AvgIpc) is 2.08. The summed E-state index contributed by atoms with van der Waals surface area (Å²) in [5, 5.41) is 2.59. The molecule has 3 N–H and O–H groups in total. The maximum Gasteiger partial charge on any atom is 0.254 e. The molecule has 0 saturated heterocycles. The van der Waals surface area contributed by atoms with Gasteiger partial charge in [-0.25, -0.2) is 4.98 Å². The maximum absolute atomic E-state index is 11.1. The summed E-state index contributed by atoms with van der Waals surface area (Å²) in [7, 11) is 1.52. The van der Waals surface area contributed by atoms with Crippen LogP contribution in [0.5, 0.6) is 0 Å². The predicted octanol–water partition coefficient (Wildman–Crippen LogP) is 0.677. The number of aromatic nitrogens is 1. The van der Waals surface area contributed by atoms with Crippen LogP contribution in [0.1, 0.15) is 10.4 Å². The van der Waals surface area contributed by atoms with E-state index < -0.39 is 0 Å². The molecule has 64 valence electrons. The second kappa shape index (κ2) is 3.40. The molecule has 0 aliphatic carbocycles. The monoisotopic (exact) mass is 185 g/mol. The number of hydrogen-bond acceptors (Lipinski definition) is 3. The zero-order valence-electron chi connectivity index (χ0n) is 6.47. The normalized spacial score (nSPS) is 9.50. The van der Waals surface area contributed by atoms with Crippen LogP contribution in [0.4, 0.5) is 5.69 Å². The number of nitrogens with two attached hydrogens (primary N) is 1. The van der Waals surface area contributed by atoms with E-state index in [0.29, 0.717) is 11.3 Å². The molecule has 0 aromatic carbocycles. The lowest BCUT2D eigenvalue weighted by molar-refractivity contribution is 0.0963. The van der Waals surface area contributed by atoms with Gasteiger partial charge in [-0.15, -0.1) is 0 Å². The number of carbonyl (C=O) groups is 1. The highest BCUT2D eigenvalue weighted by Gasteiger charge is 2.09. The Morgan fingerprint density at radius 1 is 1.75 bits per heavy atom. The van der Waals surface area contributed by atoms with Crippen molar-refractivity contribution in [3.8, 4) is 0 Å². The van der Waals surface area contributed by atoms with E-state index in [1.165, 1.54) is 19.3 Å². The Labute approximate surface area is 74.7 Å². The molecule has 0 atom stereocenters. The zero-order valence-corrected chi connectivity index (χ0v) is 7.22. The number of halogens is 1. The second-order valence-corrected chi connectivity index (χ2v) is 2.54. The van der Waals surface area contributed by atoms with Crippen LogP contribution >= 0.6 is 11.6 Å². The van der Waals surface area contributed by atoms with Gasteiger partial charge in [0, 0.05) is 7.05 Å². The first-order chi connectivity index (χ1) is 5.65. The van der Waals surface area contributed by atoms with Crippen molar-refractivity contribution in [2.75, 3.05) is 12.8 Å². The largest absolute Gasteiger partial charge is 0.397 e. The lowest BCUT2D eigenvalue weighted by Crippen LogP contribution is -2.18. The van der Waals surface area contributed by atoms with Crippen LogP contribution in [0.15, 0.2) is 12.3 Å². The molecule has 1 heterocycles. The summed E-state index contributed by atoms with van der Waals surface area (Å²) in [5.74, 6) is -0.292. The minimum atomic E-state index is -0.292. The van der Waals surface area contributed by atoms with Gasteiger partial charge >= 0.3 is 0 Å². The predicted molar refractivity (Wildman–Crippen MR) is 47.0 cm³/mol. The fourth-order valence-electron chi connectivity index (χ4n) is 0.758. The summed E-state index contributed by atoms with van der Waals surface area (Å²) in [6.07, 6.45) is 1.40. The van der Waals surface area contributed by atoms with Gasteiger partial charge < -0.3 is 11.1 Å². The lowest BCUT2D eigenvalue weighted by atomic mass is 10.2. The van der Waals surface area contributed by atoms with E-state index in [-0.39, 0.29) is 11.1 Å². The van der Waals surface area contributed by atoms with Gasteiger partial charge in [0.05, 0.1) is 17.4 Å². The van der Waals surface area contributed by atoms with Crippen LogP contribution < -0.4 is 11.1 Å². The van der Waals surface area contributed by atoms with Crippen LogP contribution in [-0.2, 0) is 0 Å². The lowest BCUT2D eigenvalue weighted by Gasteiger charge is -2.01. The fourth-order valence-corrected chi connectivity index (χ4v) is 0.947. The molecule has 0 aliphatic rings. The molecule has 0 saturated carbocycles. The summed E-state index contributed by atoms with van der Waals surface area (Å²) < 4.78 is 0. The van der Waals surface area contributed by atoms with Gasteiger partial charge in [-0.3, -0.25) is 4.79 Å². The summed E-state index contributed by atoms with van der Waals surface area (Å²) in [6, 6.07) is 1.48. The number of carbonyl (C=O) groups excluding carboxylic acids is 1. The van der Waals surface area contributed by atoms with Gasteiger partial charge in [0.2, 0.25) is 0 Å². The topological polar surface area (TPSA) is 68.0 Å². The van der Waals surface area contributed by atoms with E-state index in [4.69, 9.17) is 17.3 Å². The molecule has 12 heavy (non-hydrogen) atoms. The van der Waals surface area contributed by atoms with Crippen molar-refractivity contribution in [2.45, 2.75) is 0 Å². The zero-order chi connectivity index (χ0) is 9.14. The average molecular weight is 186 g/mol. The molecule has 1 aromatic rings. The van der Waals surface area contributed by atoms with Crippen LogP contribution in [0.2, 0.25) is 5.15 Å². The molecule has 0 fully saturated rings.